The maximum absolute atomic E-state index is 12.7. The lowest BCUT2D eigenvalue weighted by molar-refractivity contribution is -0.142. The zero-order valence-corrected chi connectivity index (χ0v) is 21.3. The van der Waals surface area contributed by atoms with E-state index in [4.69, 9.17) is 19.8 Å². The largest absolute Gasteiger partial charge is 0.459 e. The predicted octanol–water partition coefficient (Wildman–Crippen LogP) is 5.07. The molecule has 0 bridgehead atoms. The number of nitrogens with one attached hydrogen (secondary N) is 2. The highest BCUT2D eigenvalue weighted by molar-refractivity contribution is 9.10. The van der Waals surface area contributed by atoms with Gasteiger partial charge in [-0.2, -0.15) is 5.10 Å². The lowest BCUT2D eigenvalue weighted by atomic mass is 10.2. The van der Waals surface area contributed by atoms with E-state index in [-0.39, 0.29) is 12.5 Å². The van der Waals surface area contributed by atoms with Crippen LogP contribution < -0.4 is 10.9 Å². The molecule has 0 unspecified atom stereocenters. The van der Waals surface area contributed by atoms with Crippen LogP contribution in [0.3, 0.4) is 0 Å². The standard InChI is InChI=1S/C27H21BrN6O3/c1-17(35)37-16-22-23(28)24(33-34(22)19-12-6-3-7-13-19)25-26(30-21-15-9-8-14-20(21)29-25)31-32-27(36)18-10-4-2-5-11-18/h2-15H,16H2,1H3,(H,30,31)(H,32,36). The summed E-state index contributed by atoms with van der Waals surface area (Å²) in [5, 5.41) is 4.80. The number of aromatic nitrogens is 4. The third kappa shape index (κ3) is 5.19. The van der Waals surface area contributed by atoms with Crippen molar-refractivity contribution in [3.05, 3.63) is 101 Å². The minimum atomic E-state index is -0.411. The minimum Gasteiger partial charge on any atom is -0.459 e. The molecule has 0 atom stereocenters. The molecule has 2 aromatic heterocycles. The van der Waals surface area contributed by atoms with Gasteiger partial charge in [0.1, 0.15) is 18.0 Å². The predicted molar refractivity (Wildman–Crippen MR) is 143 cm³/mol. The summed E-state index contributed by atoms with van der Waals surface area (Å²) in [5.74, 6) is -0.433. The van der Waals surface area contributed by atoms with Gasteiger partial charge < -0.3 is 4.74 Å². The van der Waals surface area contributed by atoms with Crippen molar-refractivity contribution < 1.29 is 14.3 Å². The van der Waals surface area contributed by atoms with Gasteiger partial charge in [0, 0.05) is 12.5 Å². The van der Waals surface area contributed by atoms with Crippen LogP contribution in [0.25, 0.3) is 28.1 Å². The number of amides is 1. The Bertz CT molecular complexity index is 1590. The van der Waals surface area contributed by atoms with Gasteiger partial charge in [-0.15, -0.1) is 0 Å². The lowest BCUT2D eigenvalue weighted by Crippen LogP contribution is -2.30. The monoisotopic (exact) mass is 556 g/mol. The molecule has 9 nitrogen and oxygen atoms in total. The molecule has 3 aromatic carbocycles. The number of nitrogens with zero attached hydrogens (tertiary/aromatic N) is 4. The number of para-hydroxylation sites is 3. The van der Waals surface area contributed by atoms with Crippen LogP contribution in [0.2, 0.25) is 0 Å². The maximum Gasteiger partial charge on any atom is 0.303 e. The number of carbonyl (C=O) groups is 2. The van der Waals surface area contributed by atoms with E-state index < -0.39 is 5.97 Å². The fraction of sp³-hybridized carbons (Fsp3) is 0.0741. The molecule has 0 radical (unpaired) electrons. The molecule has 37 heavy (non-hydrogen) atoms. The summed E-state index contributed by atoms with van der Waals surface area (Å²) in [4.78, 5) is 33.8. The fourth-order valence-electron chi connectivity index (χ4n) is 3.69. The second kappa shape index (κ2) is 10.6. The molecule has 5 aromatic rings. The third-order valence-electron chi connectivity index (χ3n) is 5.46. The third-order valence-corrected chi connectivity index (χ3v) is 6.29. The average molecular weight is 557 g/mol. The molecular weight excluding hydrogens is 536 g/mol. The maximum atomic E-state index is 12.7. The molecule has 1 amide bonds. The highest BCUT2D eigenvalue weighted by Gasteiger charge is 2.24. The number of hydrazine groups is 1. The minimum absolute atomic E-state index is 0.00761. The molecule has 0 aliphatic heterocycles. The second-order valence-electron chi connectivity index (χ2n) is 7.99. The number of benzene rings is 3. The van der Waals surface area contributed by atoms with Crippen molar-refractivity contribution in [2.45, 2.75) is 13.5 Å². The summed E-state index contributed by atoms with van der Waals surface area (Å²) >= 11 is 3.64. The van der Waals surface area contributed by atoms with E-state index in [1.165, 1.54) is 6.92 Å². The summed E-state index contributed by atoms with van der Waals surface area (Å²) in [7, 11) is 0. The molecule has 10 heteroatoms. The van der Waals surface area contributed by atoms with Crippen LogP contribution >= 0.6 is 15.9 Å². The summed E-state index contributed by atoms with van der Waals surface area (Å²) in [6.07, 6.45) is 0. The fourth-order valence-corrected chi connectivity index (χ4v) is 4.24. The summed E-state index contributed by atoms with van der Waals surface area (Å²) < 4.78 is 7.58. The van der Waals surface area contributed by atoms with E-state index in [2.05, 4.69) is 26.8 Å². The summed E-state index contributed by atoms with van der Waals surface area (Å²) in [5.41, 5.74) is 9.65. The van der Waals surface area contributed by atoms with Crippen LogP contribution in [0.1, 0.15) is 23.0 Å². The number of anilines is 1. The topological polar surface area (TPSA) is 111 Å². The number of esters is 1. The van der Waals surface area contributed by atoms with Crippen LogP contribution in [-0.2, 0) is 16.1 Å². The average Bonchev–Trinajstić information content (AvgIpc) is 3.26. The van der Waals surface area contributed by atoms with Gasteiger partial charge in [0.05, 0.1) is 26.9 Å². The molecule has 184 valence electrons. The molecule has 5 rings (SSSR count). The van der Waals surface area contributed by atoms with Crippen LogP contribution in [0.15, 0.2) is 89.4 Å². The van der Waals surface area contributed by atoms with Crippen LogP contribution in [0.5, 0.6) is 0 Å². The second-order valence-corrected chi connectivity index (χ2v) is 8.78. The Labute approximate surface area is 220 Å². The molecule has 2 heterocycles. The Kier molecular flexibility index (Phi) is 6.91. The first-order chi connectivity index (χ1) is 18.0. The normalized spacial score (nSPS) is 10.8. The quantitative estimate of drug-likeness (QED) is 0.213. The van der Waals surface area contributed by atoms with E-state index in [1.807, 2.05) is 60.7 Å². The van der Waals surface area contributed by atoms with E-state index in [0.717, 1.165) is 5.69 Å². The first kappa shape index (κ1) is 24.1. The molecular formula is C27H21BrN6O3. The Hall–Kier alpha value is -4.57. The first-order valence-electron chi connectivity index (χ1n) is 11.4. The van der Waals surface area contributed by atoms with Crippen molar-refractivity contribution in [2.24, 2.45) is 0 Å². The van der Waals surface area contributed by atoms with Gasteiger partial charge in [-0.25, -0.2) is 14.6 Å². The summed E-state index contributed by atoms with van der Waals surface area (Å²) in [6, 6.07) is 25.7. The van der Waals surface area contributed by atoms with E-state index in [9.17, 15) is 9.59 Å². The Morgan fingerprint density at radius 2 is 1.49 bits per heavy atom. The molecule has 0 aliphatic carbocycles. The molecule has 0 spiro atoms. The highest BCUT2D eigenvalue weighted by Crippen LogP contribution is 2.35. The number of ether oxygens (including phenoxy) is 1. The van der Waals surface area contributed by atoms with Crippen molar-refractivity contribution in [3.63, 3.8) is 0 Å². The van der Waals surface area contributed by atoms with Crippen LogP contribution in [0.4, 0.5) is 5.82 Å². The van der Waals surface area contributed by atoms with Gasteiger partial charge in [0.2, 0.25) is 0 Å². The molecule has 0 saturated heterocycles. The Balaban J connectivity index is 1.61. The zero-order valence-electron chi connectivity index (χ0n) is 19.7. The van der Waals surface area contributed by atoms with E-state index >= 15 is 0 Å². The van der Waals surface area contributed by atoms with Crippen molar-refractivity contribution in [1.82, 2.24) is 25.2 Å². The first-order valence-corrected chi connectivity index (χ1v) is 12.2. The van der Waals surface area contributed by atoms with E-state index in [0.29, 0.717) is 44.0 Å². The van der Waals surface area contributed by atoms with Crippen LogP contribution in [0, 0.1) is 0 Å². The smallest absolute Gasteiger partial charge is 0.303 e. The number of halogens is 1. The summed E-state index contributed by atoms with van der Waals surface area (Å²) in [6.45, 7) is 1.34. The highest BCUT2D eigenvalue weighted by atomic mass is 79.9. The van der Waals surface area contributed by atoms with E-state index in [1.54, 1.807) is 28.9 Å². The number of rotatable bonds is 7. The van der Waals surface area contributed by atoms with Gasteiger partial charge >= 0.3 is 5.97 Å². The molecule has 0 fully saturated rings. The number of carbonyl (C=O) groups excluding carboxylic acids is 2. The zero-order chi connectivity index (χ0) is 25.8. The van der Waals surface area contributed by atoms with Crippen molar-refractivity contribution in [2.75, 3.05) is 5.43 Å². The Morgan fingerprint density at radius 3 is 2.16 bits per heavy atom. The van der Waals surface area contributed by atoms with Gasteiger partial charge in [0.25, 0.3) is 5.91 Å². The van der Waals surface area contributed by atoms with Crippen molar-refractivity contribution in [3.8, 4) is 17.1 Å². The van der Waals surface area contributed by atoms with Crippen LogP contribution in [-0.4, -0.2) is 31.6 Å². The SMILES string of the molecule is CC(=O)OCc1c(Br)c(-c2nc3ccccc3nc2NNC(=O)c2ccccc2)nn1-c1ccccc1. The lowest BCUT2D eigenvalue weighted by Gasteiger charge is -2.12. The molecule has 0 aliphatic rings. The number of fused-ring (bicyclic) bond motifs is 1. The van der Waals surface area contributed by atoms with Gasteiger partial charge in [-0.1, -0.05) is 48.5 Å². The van der Waals surface area contributed by atoms with Crippen molar-refractivity contribution >= 4 is 44.7 Å². The molecule has 0 saturated carbocycles. The Morgan fingerprint density at radius 1 is 0.865 bits per heavy atom. The van der Waals surface area contributed by atoms with Gasteiger partial charge in [-0.3, -0.25) is 20.4 Å². The van der Waals surface area contributed by atoms with Crippen molar-refractivity contribution in [1.29, 1.82) is 0 Å². The van der Waals surface area contributed by atoms with Gasteiger partial charge in [0.15, 0.2) is 5.82 Å². The number of hydrogen-bond donors (Lipinski definition) is 2. The molecule has 2 N–H and O–H groups in total. The number of hydrogen-bond acceptors (Lipinski definition) is 7. The van der Waals surface area contributed by atoms with Gasteiger partial charge in [-0.05, 0) is 52.3 Å².